The van der Waals surface area contributed by atoms with Crippen LogP contribution < -0.4 is 10.0 Å². The first-order valence-electron chi connectivity index (χ1n) is 7.54. The maximum absolute atomic E-state index is 12.6. The number of thioether (sulfide) groups is 1. The number of anilines is 2. The number of sulfonamides is 1. The van der Waals surface area contributed by atoms with Gasteiger partial charge in [0.15, 0.2) is 0 Å². The summed E-state index contributed by atoms with van der Waals surface area (Å²) in [5, 5.41) is 2.70. The lowest BCUT2D eigenvalue weighted by atomic mass is 10.0. The third-order valence-corrected chi connectivity index (χ3v) is 6.18. The molecule has 1 aliphatic rings. The molecule has 0 fully saturated rings. The molecule has 0 saturated heterocycles. The predicted molar refractivity (Wildman–Crippen MR) is 97.1 cm³/mol. The van der Waals surface area contributed by atoms with Gasteiger partial charge in [-0.2, -0.15) is 0 Å². The Labute approximate surface area is 145 Å². The van der Waals surface area contributed by atoms with Crippen LogP contribution in [0.2, 0.25) is 0 Å². The second kappa shape index (κ2) is 6.49. The lowest BCUT2D eigenvalue weighted by Gasteiger charge is -2.17. The second-order valence-electron chi connectivity index (χ2n) is 5.88. The smallest absolute Gasteiger partial charge is 0.261 e. The molecule has 1 amide bonds. The van der Waals surface area contributed by atoms with E-state index >= 15 is 0 Å². The van der Waals surface area contributed by atoms with Gasteiger partial charge in [0.2, 0.25) is 5.91 Å². The van der Waals surface area contributed by atoms with Crippen LogP contribution in [0.25, 0.3) is 0 Å². The molecule has 2 aromatic rings. The summed E-state index contributed by atoms with van der Waals surface area (Å²) in [6.07, 6.45) is 0. The molecule has 3 rings (SSSR count). The van der Waals surface area contributed by atoms with Crippen molar-refractivity contribution in [1.82, 2.24) is 0 Å². The van der Waals surface area contributed by atoms with Crippen LogP contribution >= 0.6 is 11.8 Å². The Kier molecular flexibility index (Phi) is 4.56. The number of fused-ring (bicyclic) bond motifs is 1. The van der Waals surface area contributed by atoms with E-state index < -0.39 is 10.0 Å². The minimum atomic E-state index is -3.71. The average molecular weight is 362 g/mol. The van der Waals surface area contributed by atoms with Crippen molar-refractivity contribution >= 4 is 39.1 Å². The molecule has 0 atom stereocenters. The van der Waals surface area contributed by atoms with Crippen molar-refractivity contribution in [3.05, 3.63) is 48.0 Å². The molecule has 0 saturated carbocycles. The van der Waals surface area contributed by atoms with Gasteiger partial charge < -0.3 is 5.32 Å². The van der Waals surface area contributed by atoms with Crippen molar-refractivity contribution in [1.29, 1.82) is 0 Å². The van der Waals surface area contributed by atoms with Crippen LogP contribution in [0.3, 0.4) is 0 Å². The van der Waals surface area contributed by atoms with Crippen LogP contribution in [0.1, 0.15) is 25.3 Å². The number of benzene rings is 2. The Morgan fingerprint density at radius 1 is 1.12 bits per heavy atom. The van der Waals surface area contributed by atoms with E-state index in [9.17, 15) is 13.2 Å². The normalized spacial score (nSPS) is 14.2. The number of carbonyl (C=O) groups is 1. The van der Waals surface area contributed by atoms with Gasteiger partial charge in [-0.25, -0.2) is 8.42 Å². The molecule has 0 radical (unpaired) electrons. The zero-order valence-corrected chi connectivity index (χ0v) is 15.0. The standard InChI is InChI=1S/C17H18N2O3S2/c1-11(2)12-3-5-13(6-4-12)19-24(21,22)14-7-8-16-15(9-14)18-17(20)10-23-16/h3-9,11,19H,10H2,1-2H3,(H,18,20). The first kappa shape index (κ1) is 16.9. The average Bonchev–Trinajstić information content (AvgIpc) is 2.54. The predicted octanol–water partition coefficient (Wildman–Crippen LogP) is 3.66. The van der Waals surface area contributed by atoms with Gasteiger partial charge in [0.05, 0.1) is 16.3 Å². The van der Waals surface area contributed by atoms with E-state index in [4.69, 9.17) is 0 Å². The summed E-state index contributed by atoms with van der Waals surface area (Å²) in [5.41, 5.74) is 2.19. The fourth-order valence-electron chi connectivity index (χ4n) is 2.38. The van der Waals surface area contributed by atoms with Crippen LogP contribution in [0, 0.1) is 0 Å². The number of amides is 1. The van der Waals surface area contributed by atoms with Gasteiger partial charge in [-0.05, 0) is 41.8 Å². The summed E-state index contributed by atoms with van der Waals surface area (Å²) >= 11 is 1.40. The van der Waals surface area contributed by atoms with E-state index in [0.29, 0.717) is 23.0 Å². The number of hydrogen-bond acceptors (Lipinski definition) is 4. The summed E-state index contributed by atoms with van der Waals surface area (Å²) in [6, 6.07) is 12.1. The number of carbonyl (C=O) groups excluding carboxylic acids is 1. The second-order valence-corrected chi connectivity index (χ2v) is 8.58. The summed E-state index contributed by atoms with van der Waals surface area (Å²) in [4.78, 5) is 12.5. The summed E-state index contributed by atoms with van der Waals surface area (Å²) < 4.78 is 27.7. The molecule has 24 heavy (non-hydrogen) atoms. The highest BCUT2D eigenvalue weighted by Gasteiger charge is 2.20. The third-order valence-electron chi connectivity index (χ3n) is 3.72. The molecule has 1 aliphatic heterocycles. The van der Waals surface area contributed by atoms with Gasteiger partial charge in [-0.1, -0.05) is 26.0 Å². The first-order valence-corrected chi connectivity index (χ1v) is 10.0. The van der Waals surface area contributed by atoms with Crippen molar-refractivity contribution < 1.29 is 13.2 Å². The molecule has 2 aromatic carbocycles. The molecule has 0 spiro atoms. The SMILES string of the molecule is CC(C)c1ccc(NS(=O)(=O)c2ccc3c(c2)NC(=O)CS3)cc1. The van der Waals surface area contributed by atoms with Crippen molar-refractivity contribution in [3.63, 3.8) is 0 Å². The summed E-state index contributed by atoms with van der Waals surface area (Å²) in [7, 11) is -3.71. The third kappa shape index (κ3) is 3.57. The van der Waals surface area contributed by atoms with Gasteiger partial charge in [0, 0.05) is 10.6 Å². The molecule has 0 aliphatic carbocycles. The highest BCUT2D eigenvalue weighted by molar-refractivity contribution is 8.00. The first-order chi connectivity index (χ1) is 11.3. The molecule has 0 bridgehead atoms. The van der Waals surface area contributed by atoms with Crippen LogP contribution in [0.4, 0.5) is 11.4 Å². The van der Waals surface area contributed by atoms with E-state index in [1.54, 1.807) is 24.3 Å². The minimum Gasteiger partial charge on any atom is -0.324 e. The van der Waals surface area contributed by atoms with Crippen molar-refractivity contribution in [2.75, 3.05) is 15.8 Å². The Morgan fingerprint density at radius 3 is 2.50 bits per heavy atom. The van der Waals surface area contributed by atoms with Crippen LogP contribution in [0.15, 0.2) is 52.3 Å². The Bertz CT molecular complexity index is 875. The minimum absolute atomic E-state index is 0.122. The molecule has 5 nitrogen and oxygen atoms in total. The molecule has 1 heterocycles. The fourth-order valence-corrected chi connectivity index (χ4v) is 4.25. The zero-order chi connectivity index (χ0) is 17.3. The monoisotopic (exact) mass is 362 g/mol. The van der Waals surface area contributed by atoms with Crippen LogP contribution in [0.5, 0.6) is 0 Å². The largest absolute Gasteiger partial charge is 0.324 e. The number of nitrogens with one attached hydrogen (secondary N) is 2. The van der Waals surface area contributed by atoms with Gasteiger partial charge in [-0.3, -0.25) is 9.52 Å². The van der Waals surface area contributed by atoms with Gasteiger partial charge in [-0.15, -0.1) is 11.8 Å². The van der Waals surface area contributed by atoms with Crippen molar-refractivity contribution in [3.8, 4) is 0 Å². The molecular formula is C17H18N2O3S2. The zero-order valence-electron chi connectivity index (χ0n) is 13.4. The van der Waals surface area contributed by atoms with E-state index in [-0.39, 0.29) is 10.8 Å². The number of hydrogen-bond donors (Lipinski definition) is 2. The summed E-state index contributed by atoms with van der Waals surface area (Å²) in [5.74, 6) is 0.608. The fraction of sp³-hybridized carbons (Fsp3) is 0.235. The molecule has 0 unspecified atom stereocenters. The maximum Gasteiger partial charge on any atom is 0.261 e. The van der Waals surface area contributed by atoms with Gasteiger partial charge >= 0.3 is 0 Å². The highest BCUT2D eigenvalue weighted by Crippen LogP contribution is 2.33. The molecule has 2 N–H and O–H groups in total. The Balaban J connectivity index is 1.85. The topological polar surface area (TPSA) is 75.3 Å². The van der Waals surface area contributed by atoms with Gasteiger partial charge in [0.25, 0.3) is 10.0 Å². The quantitative estimate of drug-likeness (QED) is 0.870. The van der Waals surface area contributed by atoms with E-state index in [1.165, 1.54) is 17.8 Å². The lowest BCUT2D eigenvalue weighted by Crippen LogP contribution is -2.20. The van der Waals surface area contributed by atoms with Crippen molar-refractivity contribution in [2.45, 2.75) is 29.6 Å². The van der Waals surface area contributed by atoms with Crippen LogP contribution in [-0.2, 0) is 14.8 Å². The van der Waals surface area contributed by atoms with Crippen molar-refractivity contribution in [2.24, 2.45) is 0 Å². The van der Waals surface area contributed by atoms with E-state index in [2.05, 4.69) is 23.9 Å². The van der Waals surface area contributed by atoms with E-state index in [1.807, 2.05) is 12.1 Å². The molecule has 126 valence electrons. The molecular weight excluding hydrogens is 344 g/mol. The maximum atomic E-state index is 12.6. The molecule has 7 heteroatoms. The highest BCUT2D eigenvalue weighted by atomic mass is 32.2. The number of rotatable bonds is 4. The van der Waals surface area contributed by atoms with E-state index in [0.717, 1.165) is 10.5 Å². The Hall–Kier alpha value is -1.99. The lowest BCUT2D eigenvalue weighted by molar-refractivity contribution is -0.113. The Morgan fingerprint density at radius 2 is 1.83 bits per heavy atom. The summed E-state index contributed by atoms with van der Waals surface area (Å²) in [6.45, 7) is 4.16. The van der Waals surface area contributed by atoms with Gasteiger partial charge in [0.1, 0.15) is 0 Å². The molecule has 0 aromatic heterocycles. The van der Waals surface area contributed by atoms with Crippen LogP contribution in [-0.4, -0.2) is 20.1 Å².